The molecule has 0 radical (unpaired) electrons. The van der Waals surface area contributed by atoms with E-state index in [4.69, 9.17) is 23.2 Å². The molecule has 2 amide bonds. The van der Waals surface area contributed by atoms with Crippen molar-refractivity contribution in [2.45, 2.75) is 46.2 Å². The second kappa shape index (κ2) is 8.77. The molecule has 2 aromatic carbocycles. The summed E-state index contributed by atoms with van der Waals surface area (Å²) in [4.78, 5) is 29.0. The number of anilines is 2. The molecule has 0 aliphatic rings. The lowest BCUT2D eigenvalue weighted by Gasteiger charge is -2.46. The van der Waals surface area contributed by atoms with Crippen LogP contribution in [0.4, 0.5) is 11.4 Å². The number of carbonyl (C=O) groups excluding carboxylic acids is 2. The van der Waals surface area contributed by atoms with Gasteiger partial charge in [0.15, 0.2) is 0 Å². The number of hydrogen-bond donors (Lipinski definition) is 0. The molecule has 0 bridgehead atoms. The highest BCUT2D eigenvalue weighted by Crippen LogP contribution is 2.34. The third-order valence-electron chi connectivity index (χ3n) is 4.33. The van der Waals surface area contributed by atoms with Crippen LogP contribution in [-0.2, 0) is 9.59 Å². The van der Waals surface area contributed by atoms with Gasteiger partial charge in [-0.25, -0.2) is 0 Å². The van der Waals surface area contributed by atoms with Crippen LogP contribution in [0.5, 0.6) is 0 Å². The van der Waals surface area contributed by atoms with Gasteiger partial charge in [-0.05, 0) is 50.2 Å². The lowest BCUT2D eigenvalue weighted by atomic mass is 10.1. The number of benzene rings is 2. The first-order valence-corrected chi connectivity index (χ1v) is 9.65. The Kier molecular flexibility index (Phi) is 6.90. The van der Waals surface area contributed by atoms with Crippen molar-refractivity contribution in [1.29, 1.82) is 0 Å². The molecule has 2 aromatic rings. The summed E-state index contributed by atoms with van der Waals surface area (Å²) in [5.74, 6) is -0.226. The molecular weight excluding hydrogens is 383 g/mol. The minimum atomic E-state index is -0.977. The summed E-state index contributed by atoms with van der Waals surface area (Å²) >= 11 is 12.3. The zero-order valence-corrected chi connectivity index (χ0v) is 17.5. The van der Waals surface area contributed by atoms with E-state index < -0.39 is 5.66 Å². The third-order valence-corrected chi connectivity index (χ3v) is 4.80. The van der Waals surface area contributed by atoms with E-state index in [1.54, 1.807) is 60.0 Å². The van der Waals surface area contributed by atoms with Crippen molar-refractivity contribution >= 4 is 46.4 Å². The van der Waals surface area contributed by atoms with Crippen LogP contribution in [0, 0.1) is 0 Å². The van der Waals surface area contributed by atoms with E-state index in [-0.39, 0.29) is 11.8 Å². The topological polar surface area (TPSA) is 40.6 Å². The van der Waals surface area contributed by atoms with Gasteiger partial charge in [-0.2, -0.15) is 0 Å². The van der Waals surface area contributed by atoms with E-state index in [0.717, 1.165) is 0 Å². The molecule has 0 unspecified atom stereocenters. The van der Waals surface area contributed by atoms with Crippen LogP contribution in [0.2, 0.25) is 10.0 Å². The number of halogens is 2. The highest BCUT2D eigenvalue weighted by atomic mass is 35.5. The van der Waals surface area contributed by atoms with Crippen molar-refractivity contribution in [1.82, 2.24) is 0 Å². The number of rotatable bonds is 6. The summed E-state index contributed by atoms with van der Waals surface area (Å²) < 4.78 is 0. The number of amides is 2. The van der Waals surface area contributed by atoms with Gasteiger partial charge in [0.05, 0.1) is 0 Å². The largest absolute Gasteiger partial charge is 0.289 e. The first-order valence-electron chi connectivity index (χ1n) is 8.89. The minimum Gasteiger partial charge on any atom is -0.289 e. The maximum atomic E-state index is 12.9. The molecule has 0 N–H and O–H groups in total. The Hall–Kier alpha value is -2.04. The normalized spacial score (nSPS) is 11.2. The first-order chi connectivity index (χ1) is 12.7. The van der Waals surface area contributed by atoms with Crippen LogP contribution in [0.25, 0.3) is 0 Å². The van der Waals surface area contributed by atoms with E-state index in [1.807, 2.05) is 26.0 Å². The summed E-state index contributed by atoms with van der Waals surface area (Å²) in [5, 5.41) is 1.04. The van der Waals surface area contributed by atoms with Crippen molar-refractivity contribution < 1.29 is 9.59 Å². The molecule has 144 valence electrons. The Morgan fingerprint density at radius 1 is 0.815 bits per heavy atom. The van der Waals surface area contributed by atoms with E-state index in [1.165, 1.54) is 0 Å². The molecule has 0 atom stereocenters. The molecule has 0 spiro atoms. The van der Waals surface area contributed by atoms with Crippen molar-refractivity contribution in [2.75, 3.05) is 9.80 Å². The number of carbonyl (C=O) groups is 2. The van der Waals surface area contributed by atoms with E-state index in [0.29, 0.717) is 34.3 Å². The minimum absolute atomic E-state index is 0.113. The Labute approximate surface area is 170 Å². The van der Waals surface area contributed by atoms with Crippen molar-refractivity contribution in [3.63, 3.8) is 0 Å². The molecular formula is C21H24Cl2N2O2. The molecule has 4 nitrogen and oxygen atoms in total. The fourth-order valence-corrected chi connectivity index (χ4v) is 3.55. The third kappa shape index (κ3) is 4.63. The Bertz CT molecular complexity index is 769. The van der Waals surface area contributed by atoms with Gasteiger partial charge in [-0.15, -0.1) is 0 Å². The Morgan fingerprint density at radius 3 is 1.48 bits per heavy atom. The molecule has 27 heavy (non-hydrogen) atoms. The number of hydrogen-bond acceptors (Lipinski definition) is 2. The van der Waals surface area contributed by atoms with Gasteiger partial charge in [0.2, 0.25) is 11.8 Å². The van der Waals surface area contributed by atoms with Gasteiger partial charge in [-0.3, -0.25) is 19.4 Å². The maximum Gasteiger partial charge on any atom is 0.228 e. The monoisotopic (exact) mass is 406 g/mol. The summed E-state index contributed by atoms with van der Waals surface area (Å²) in [6.07, 6.45) is 0.583. The molecule has 0 aliphatic carbocycles. The van der Waals surface area contributed by atoms with Gasteiger partial charge in [0.25, 0.3) is 0 Å². The van der Waals surface area contributed by atoms with E-state index >= 15 is 0 Å². The molecule has 0 aliphatic heterocycles. The Morgan fingerprint density at radius 2 is 1.19 bits per heavy atom. The van der Waals surface area contributed by atoms with Crippen LogP contribution in [-0.4, -0.2) is 17.5 Å². The van der Waals surface area contributed by atoms with E-state index in [2.05, 4.69) is 0 Å². The van der Waals surface area contributed by atoms with Gasteiger partial charge >= 0.3 is 0 Å². The first kappa shape index (κ1) is 21.3. The second-order valence-corrected chi connectivity index (χ2v) is 7.49. The van der Waals surface area contributed by atoms with Crippen LogP contribution >= 0.6 is 23.2 Å². The Balaban J connectivity index is 2.65. The molecule has 0 fully saturated rings. The SMILES string of the molecule is CCC(=O)N(c1cccc(Cl)c1)C(C)(C)N(C(=O)CC)c1cccc(Cl)c1. The highest BCUT2D eigenvalue weighted by Gasteiger charge is 2.40. The van der Waals surface area contributed by atoms with Gasteiger partial charge in [-0.1, -0.05) is 49.2 Å². The quantitative estimate of drug-likeness (QED) is 0.558. The van der Waals surface area contributed by atoms with Crippen molar-refractivity contribution in [2.24, 2.45) is 0 Å². The smallest absolute Gasteiger partial charge is 0.228 e. The highest BCUT2D eigenvalue weighted by molar-refractivity contribution is 6.31. The summed E-state index contributed by atoms with van der Waals surface area (Å²) in [5.41, 5.74) is 0.292. The van der Waals surface area contributed by atoms with Crippen LogP contribution in [0.3, 0.4) is 0 Å². The predicted molar refractivity (Wildman–Crippen MR) is 113 cm³/mol. The standard InChI is InChI=1S/C21H24Cl2N2O2/c1-5-19(26)24(17-11-7-9-15(22)13-17)21(3,4)25(20(27)6-2)18-12-8-10-16(23)14-18/h7-14H,5-6H2,1-4H3. The summed E-state index contributed by atoms with van der Waals surface area (Å²) in [6.45, 7) is 7.27. The average Bonchev–Trinajstić information content (AvgIpc) is 2.61. The van der Waals surface area contributed by atoms with Crippen molar-refractivity contribution in [3.8, 4) is 0 Å². The van der Waals surface area contributed by atoms with Crippen LogP contribution < -0.4 is 9.80 Å². The van der Waals surface area contributed by atoms with Crippen molar-refractivity contribution in [3.05, 3.63) is 58.6 Å². The van der Waals surface area contributed by atoms with Gasteiger partial charge in [0.1, 0.15) is 5.66 Å². The van der Waals surface area contributed by atoms with Crippen LogP contribution in [0.1, 0.15) is 40.5 Å². The molecule has 0 heterocycles. The lowest BCUT2D eigenvalue weighted by Crippen LogP contribution is -2.61. The fraction of sp³-hybridized carbons (Fsp3) is 0.333. The maximum absolute atomic E-state index is 12.9. The molecule has 0 saturated heterocycles. The average molecular weight is 407 g/mol. The molecule has 0 aromatic heterocycles. The lowest BCUT2D eigenvalue weighted by molar-refractivity contribution is -0.121. The molecule has 2 rings (SSSR count). The van der Waals surface area contributed by atoms with Gasteiger partial charge in [0, 0.05) is 34.3 Å². The van der Waals surface area contributed by atoms with Crippen LogP contribution in [0.15, 0.2) is 48.5 Å². The molecule has 6 heteroatoms. The zero-order chi connectivity index (χ0) is 20.2. The fourth-order valence-electron chi connectivity index (χ4n) is 3.18. The van der Waals surface area contributed by atoms with Gasteiger partial charge < -0.3 is 0 Å². The van der Waals surface area contributed by atoms with E-state index in [9.17, 15) is 9.59 Å². The zero-order valence-electron chi connectivity index (χ0n) is 16.0. The molecule has 0 saturated carbocycles. The summed E-state index contributed by atoms with van der Waals surface area (Å²) in [6, 6.07) is 14.1. The second-order valence-electron chi connectivity index (χ2n) is 6.62. The predicted octanol–water partition coefficient (Wildman–Crippen LogP) is 5.92. The summed E-state index contributed by atoms with van der Waals surface area (Å²) in [7, 11) is 0. The number of nitrogens with zero attached hydrogens (tertiary/aromatic N) is 2.